The fourth-order valence-corrected chi connectivity index (χ4v) is 4.11. The number of carbonyl (C=O) groups excluding carboxylic acids is 1. The number of aromatic nitrogens is 2. The Labute approximate surface area is 189 Å². The van der Waals surface area contributed by atoms with Crippen molar-refractivity contribution in [3.8, 4) is 11.5 Å². The van der Waals surface area contributed by atoms with Crippen molar-refractivity contribution < 1.29 is 24.2 Å². The Morgan fingerprint density at radius 3 is 2.38 bits per heavy atom. The summed E-state index contributed by atoms with van der Waals surface area (Å²) in [4.78, 5) is 32.3. The molecule has 32 heavy (non-hydrogen) atoms. The lowest BCUT2D eigenvalue weighted by atomic mass is 10.1. The Kier molecular flexibility index (Phi) is 6.96. The fourth-order valence-electron chi connectivity index (χ4n) is 3.33. The predicted octanol–water partition coefficient (Wildman–Crippen LogP) is 4.44. The van der Waals surface area contributed by atoms with E-state index >= 15 is 0 Å². The minimum Gasteiger partial charge on any atom is -0.490 e. The maximum atomic E-state index is 12.5. The summed E-state index contributed by atoms with van der Waals surface area (Å²) < 4.78 is 11.4. The molecule has 9 heteroatoms. The van der Waals surface area contributed by atoms with E-state index in [4.69, 9.17) is 14.6 Å². The quantitative estimate of drug-likeness (QED) is 0.510. The second kappa shape index (κ2) is 10.2. The number of hydrogen-bond acceptors (Lipinski definition) is 6. The first-order valence-corrected chi connectivity index (χ1v) is 11.2. The van der Waals surface area contributed by atoms with Crippen molar-refractivity contribution in [2.75, 3.05) is 13.1 Å². The average Bonchev–Trinajstić information content (AvgIpc) is 3.33. The van der Waals surface area contributed by atoms with E-state index in [1.54, 1.807) is 53.3 Å². The van der Waals surface area contributed by atoms with Crippen molar-refractivity contribution in [3.05, 3.63) is 72.1 Å². The molecule has 0 spiro atoms. The van der Waals surface area contributed by atoms with Crippen molar-refractivity contribution >= 4 is 23.8 Å². The van der Waals surface area contributed by atoms with Gasteiger partial charge >= 0.3 is 12.1 Å². The number of hydrogen-bond donors (Lipinski definition) is 2. The molecular formula is C23H23N3O5S. The number of amides is 1. The van der Waals surface area contributed by atoms with Crippen LogP contribution in [0.4, 0.5) is 4.79 Å². The highest BCUT2D eigenvalue weighted by Gasteiger charge is 2.25. The van der Waals surface area contributed by atoms with Gasteiger partial charge in [-0.15, -0.1) is 0 Å². The number of nitrogens with one attached hydrogen (secondary N) is 1. The van der Waals surface area contributed by atoms with Crippen LogP contribution in [0.1, 0.15) is 28.8 Å². The fraction of sp³-hybridized carbons (Fsp3) is 0.261. The van der Waals surface area contributed by atoms with Crippen LogP contribution in [0.15, 0.2) is 66.1 Å². The smallest absolute Gasteiger partial charge is 0.415 e. The predicted molar refractivity (Wildman–Crippen MR) is 119 cm³/mol. The van der Waals surface area contributed by atoms with E-state index in [0.717, 1.165) is 16.5 Å². The Hall–Kier alpha value is -3.46. The zero-order valence-corrected chi connectivity index (χ0v) is 18.1. The van der Waals surface area contributed by atoms with Crippen LogP contribution in [-0.4, -0.2) is 51.2 Å². The van der Waals surface area contributed by atoms with Gasteiger partial charge in [0.15, 0.2) is 5.16 Å². The first-order valence-electron chi connectivity index (χ1n) is 10.2. The van der Waals surface area contributed by atoms with Crippen molar-refractivity contribution in [1.82, 2.24) is 14.9 Å². The molecule has 3 aromatic rings. The van der Waals surface area contributed by atoms with Crippen LogP contribution in [0.2, 0.25) is 0 Å². The van der Waals surface area contributed by atoms with Crippen LogP contribution in [0, 0.1) is 0 Å². The molecule has 0 saturated carbocycles. The number of ether oxygens (including phenoxy) is 2. The third-order valence-electron chi connectivity index (χ3n) is 5.08. The molecule has 1 aromatic heterocycles. The molecule has 1 amide bonds. The number of aromatic carboxylic acids is 1. The first-order chi connectivity index (χ1) is 15.6. The maximum Gasteiger partial charge on any atom is 0.415 e. The highest BCUT2D eigenvalue weighted by atomic mass is 32.2. The Morgan fingerprint density at radius 2 is 1.75 bits per heavy atom. The van der Waals surface area contributed by atoms with Gasteiger partial charge in [-0.1, -0.05) is 23.9 Å². The van der Waals surface area contributed by atoms with Crippen LogP contribution < -0.4 is 9.47 Å². The zero-order valence-electron chi connectivity index (χ0n) is 17.3. The number of thioether (sulfide) groups is 1. The van der Waals surface area contributed by atoms with Crippen LogP contribution >= 0.6 is 11.8 Å². The SMILES string of the molecule is O=C(O)c1ccc(OC2CCN(C(=O)Oc3ccc(CSc4ncc[nH]4)cc3)CC2)cc1. The number of imidazole rings is 1. The van der Waals surface area contributed by atoms with Gasteiger partial charge < -0.3 is 24.5 Å². The Morgan fingerprint density at radius 1 is 1.06 bits per heavy atom. The summed E-state index contributed by atoms with van der Waals surface area (Å²) in [6.07, 6.45) is 4.47. The summed E-state index contributed by atoms with van der Waals surface area (Å²) in [6, 6.07) is 13.8. The summed E-state index contributed by atoms with van der Waals surface area (Å²) >= 11 is 1.60. The normalized spacial score (nSPS) is 14.2. The molecule has 4 rings (SSSR count). The summed E-state index contributed by atoms with van der Waals surface area (Å²) in [5.74, 6) is 0.944. The molecule has 0 radical (unpaired) electrons. The second-order valence-electron chi connectivity index (χ2n) is 7.33. The summed E-state index contributed by atoms with van der Waals surface area (Å²) in [6.45, 7) is 1.07. The minimum atomic E-state index is -0.967. The van der Waals surface area contributed by atoms with Gasteiger partial charge in [-0.2, -0.15) is 0 Å². The van der Waals surface area contributed by atoms with Crippen LogP contribution in [0.3, 0.4) is 0 Å². The van der Waals surface area contributed by atoms with Gasteiger partial charge in [0.2, 0.25) is 0 Å². The summed E-state index contributed by atoms with van der Waals surface area (Å²) in [5.41, 5.74) is 1.33. The van der Waals surface area contributed by atoms with E-state index in [-0.39, 0.29) is 17.8 Å². The number of rotatable bonds is 7. The van der Waals surface area contributed by atoms with Gasteiger partial charge in [-0.3, -0.25) is 0 Å². The van der Waals surface area contributed by atoms with Gasteiger partial charge in [0, 0.05) is 44.1 Å². The molecule has 2 heterocycles. The average molecular weight is 454 g/mol. The molecule has 0 unspecified atom stereocenters. The van der Waals surface area contributed by atoms with Crippen molar-refractivity contribution in [2.24, 2.45) is 0 Å². The molecule has 2 aromatic carbocycles. The lowest BCUT2D eigenvalue weighted by Gasteiger charge is -2.31. The molecule has 1 aliphatic rings. The molecule has 8 nitrogen and oxygen atoms in total. The van der Waals surface area contributed by atoms with E-state index in [0.29, 0.717) is 37.4 Å². The number of H-pyrrole nitrogens is 1. The molecule has 0 bridgehead atoms. The highest BCUT2D eigenvalue weighted by molar-refractivity contribution is 7.98. The van der Waals surface area contributed by atoms with Crippen LogP contribution in [-0.2, 0) is 5.75 Å². The highest BCUT2D eigenvalue weighted by Crippen LogP contribution is 2.23. The number of likely N-dealkylation sites (tertiary alicyclic amines) is 1. The van der Waals surface area contributed by atoms with Gasteiger partial charge in [-0.25, -0.2) is 14.6 Å². The topological polar surface area (TPSA) is 105 Å². The minimum absolute atomic E-state index is 0.0272. The van der Waals surface area contributed by atoms with Crippen LogP contribution in [0.25, 0.3) is 0 Å². The molecular weight excluding hydrogens is 430 g/mol. The van der Waals surface area contributed by atoms with Gasteiger partial charge in [0.05, 0.1) is 5.56 Å². The number of benzene rings is 2. The van der Waals surface area contributed by atoms with E-state index in [2.05, 4.69) is 9.97 Å². The molecule has 166 valence electrons. The first kappa shape index (κ1) is 21.8. The summed E-state index contributed by atoms with van der Waals surface area (Å²) in [7, 11) is 0. The number of carboxylic acid groups (broad SMARTS) is 1. The molecule has 1 fully saturated rings. The zero-order chi connectivity index (χ0) is 22.3. The van der Waals surface area contributed by atoms with Crippen molar-refractivity contribution in [3.63, 3.8) is 0 Å². The van der Waals surface area contributed by atoms with E-state index < -0.39 is 5.97 Å². The monoisotopic (exact) mass is 453 g/mol. The molecule has 0 atom stereocenters. The Balaban J connectivity index is 1.21. The lowest BCUT2D eigenvalue weighted by molar-refractivity contribution is 0.0696. The largest absolute Gasteiger partial charge is 0.490 e. The maximum absolute atomic E-state index is 12.5. The van der Waals surface area contributed by atoms with Gasteiger partial charge in [-0.05, 0) is 42.0 Å². The van der Waals surface area contributed by atoms with Gasteiger partial charge in [0.1, 0.15) is 17.6 Å². The molecule has 1 saturated heterocycles. The van der Waals surface area contributed by atoms with E-state index in [1.807, 2.05) is 12.1 Å². The number of carbonyl (C=O) groups is 2. The standard InChI is InChI=1S/C23H23N3O5S/c27-21(28)17-3-7-18(8-4-17)30-20-9-13-26(14-10-20)23(29)31-19-5-1-16(2-6-19)15-32-22-24-11-12-25-22/h1-8,11-12,20H,9-10,13-15H2,(H,24,25)(H,27,28). The van der Waals surface area contributed by atoms with Gasteiger partial charge in [0.25, 0.3) is 0 Å². The summed E-state index contributed by atoms with van der Waals surface area (Å²) in [5, 5.41) is 9.83. The second-order valence-corrected chi connectivity index (χ2v) is 8.29. The van der Waals surface area contributed by atoms with Crippen LogP contribution in [0.5, 0.6) is 11.5 Å². The number of carboxylic acids is 1. The van der Waals surface area contributed by atoms with E-state index in [9.17, 15) is 9.59 Å². The number of nitrogens with zero attached hydrogens (tertiary/aromatic N) is 2. The third kappa shape index (κ3) is 5.82. The lowest BCUT2D eigenvalue weighted by Crippen LogP contribution is -2.43. The molecule has 1 aliphatic heterocycles. The van der Waals surface area contributed by atoms with Crippen molar-refractivity contribution in [1.29, 1.82) is 0 Å². The molecule has 0 aliphatic carbocycles. The van der Waals surface area contributed by atoms with E-state index in [1.165, 1.54) is 12.1 Å². The third-order valence-corrected chi connectivity index (χ3v) is 6.06. The molecule has 2 N–H and O–H groups in total. The van der Waals surface area contributed by atoms with Crippen molar-refractivity contribution in [2.45, 2.75) is 29.9 Å². The number of piperidine rings is 1. The number of aromatic amines is 1. The Bertz CT molecular complexity index is 1030.